The summed E-state index contributed by atoms with van der Waals surface area (Å²) in [4.78, 5) is 11.0. The minimum absolute atomic E-state index is 0.273. The lowest BCUT2D eigenvalue weighted by Crippen LogP contribution is -1.97. The monoisotopic (exact) mass is 326 g/mol. The standard InChI is InChI=1S/C16H11ClN4O2/c17-14-4-2-11(3-5-14)15-13(8-12(9-19)16(22)23)10-21(20-15)7-1-6-18/h2-5,8,10H,1,7H2,(H,22,23). The van der Waals surface area contributed by atoms with E-state index in [4.69, 9.17) is 27.2 Å². The Bertz CT molecular complexity index is 838. The molecule has 0 bridgehead atoms. The Morgan fingerprint density at radius 3 is 2.61 bits per heavy atom. The summed E-state index contributed by atoms with van der Waals surface area (Å²) in [5.74, 6) is -1.31. The molecule has 0 unspecified atom stereocenters. The average Bonchev–Trinajstić information content (AvgIpc) is 2.94. The van der Waals surface area contributed by atoms with E-state index >= 15 is 0 Å². The first kappa shape index (κ1) is 16.3. The van der Waals surface area contributed by atoms with Crippen LogP contribution in [0.15, 0.2) is 36.0 Å². The Morgan fingerprint density at radius 2 is 2.04 bits per heavy atom. The van der Waals surface area contributed by atoms with E-state index in [-0.39, 0.29) is 12.0 Å². The second-order valence-corrected chi connectivity index (χ2v) is 5.02. The van der Waals surface area contributed by atoms with Crippen LogP contribution in [0.25, 0.3) is 17.3 Å². The summed E-state index contributed by atoms with van der Waals surface area (Å²) in [5.41, 5.74) is 1.36. The fourth-order valence-corrected chi connectivity index (χ4v) is 2.08. The highest BCUT2D eigenvalue weighted by atomic mass is 35.5. The molecule has 2 aromatic rings. The van der Waals surface area contributed by atoms with Crippen LogP contribution in [0.2, 0.25) is 5.02 Å². The molecule has 1 N–H and O–H groups in total. The molecule has 114 valence electrons. The van der Waals surface area contributed by atoms with Gasteiger partial charge in [0.2, 0.25) is 0 Å². The van der Waals surface area contributed by atoms with Crippen LogP contribution in [0, 0.1) is 22.7 Å². The number of carboxylic acids is 1. The zero-order valence-electron chi connectivity index (χ0n) is 11.9. The fraction of sp³-hybridized carbons (Fsp3) is 0.125. The summed E-state index contributed by atoms with van der Waals surface area (Å²) in [5, 5.41) is 31.5. The van der Waals surface area contributed by atoms with Gasteiger partial charge >= 0.3 is 5.97 Å². The highest BCUT2D eigenvalue weighted by molar-refractivity contribution is 6.30. The zero-order chi connectivity index (χ0) is 16.8. The van der Waals surface area contributed by atoms with Gasteiger partial charge < -0.3 is 5.11 Å². The van der Waals surface area contributed by atoms with Gasteiger partial charge in [-0.1, -0.05) is 23.7 Å². The van der Waals surface area contributed by atoms with Crippen molar-refractivity contribution in [3.8, 4) is 23.4 Å². The van der Waals surface area contributed by atoms with Gasteiger partial charge in [-0.25, -0.2) is 4.79 Å². The molecule has 0 saturated heterocycles. The van der Waals surface area contributed by atoms with Crippen LogP contribution in [0.3, 0.4) is 0 Å². The molecule has 0 amide bonds. The van der Waals surface area contributed by atoms with Gasteiger partial charge in [0.05, 0.1) is 24.7 Å². The van der Waals surface area contributed by atoms with Gasteiger partial charge in [-0.05, 0) is 18.2 Å². The number of aromatic nitrogens is 2. The molecule has 1 aromatic carbocycles. The molecule has 0 spiro atoms. The third kappa shape index (κ3) is 3.97. The molecule has 7 heteroatoms. The van der Waals surface area contributed by atoms with E-state index in [1.807, 2.05) is 6.07 Å². The number of carboxylic acid groups (broad SMARTS) is 1. The normalized spacial score (nSPS) is 10.8. The summed E-state index contributed by atoms with van der Waals surface area (Å²) in [7, 11) is 0. The maximum Gasteiger partial charge on any atom is 0.346 e. The van der Waals surface area contributed by atoms with Gasteiger partial charge in [-0.15, -0.1) is 0 Å². The van der Waals surface area contributed by atoms with Gasteiger partial charge in [0, 0.05) is 22.3 Å². The van der Waals surface area contributed by atoms with Crippen molar-refractivity contribution in [3.63, 3.8) is 0 Å². The highest BCUT2D eigenvalue weighted by Gasteiger charge is 2.13. The van der Waals surface area contributed by atoms with Crippen LogP contribution in [-0.4, -0.2) is 20.9 Å². The van der Waals surface area contributed by atoms with Crippen molar-refractivity contribution in [2.24, 2.45) is 0 Å². The SMILES string of the molecule is N#CCCn1cc(C=C(C#N)C(=O)O)c(-c2ccc(Cl)cc2)n1. The van der Waals surface area contributed by atoms with Crippen LogP contribution in [0.5, 0.6) is 0 Å². The molecular weight excluding hydrogens is 316 g/mol. The molecule has 0 radical (unpaired) electrons. The number of hydrogen-bond donors (Lipinski definition) is 1. The maximum atomic E-state index is 11.0. The van der Waals surface area contributed by atoms with E-state index in [2.05, 4.69) is 5.10 Å². The van der Waals surface area contributed by atoms with E-state index in [1.54, 1.807) is 41.2 Å². The number of benzene rings is 1. The molecule has 1 heterocycles. The van der Waals surface area contributed by atoms with Crippen molar-refractivity contribution in [2.75, 3.05) is 0 Å². The van der Waals surface area contributed by atoms with Crippen molar-refractivity contribution in [3.05, 3.63) is 46.6 Å². The minimum Gasteiger partial charge on any atom is -0.477 e. The average molecular weight is 327 g/mol. The summed E-state index contributed by atoms with van der Waals surface area (Å²) in [6.07, 6.45) is 3.15. The van der Waals surface area contributed by atoms with Gasteiger partial charge in [0.1, 0.15) is 11.6 Å². The summed E-state index contributed by atoms with van der Waals surface area (Å²) >= 11 is 5.87. The number of aryl methyl sites for hydroxylation is 1. The number of hydrogen-bond acceptors (Lipinski definition) is 4. The predicted molar refractivity (Wildman–Crippen MR) is 84.1 cm³/mol. The van der Waals surface area contributed by atoms with Crippen LogP contribution in [0.4, 0.5) is 0 Å². The molecule has 23 heavy (non-hydrogen) atoms. The van der Waals surface area contributed by atoms with Crippen molar-refractivity contribution >= 4 is 23.6 Å². The first-order valence-corrected chi connectivity index (χ1v) is 6.98. The maximum absolute atomic E-state index is 11.0. The Balaban J connectivity index is 2.53. The fourth-order valence-electron chi connectivity index (χ4n) is 1.95. The number of carbonyl (C=O) groups is 1. The molecule has 2 rings (SSSR count). The van der Waals surface area contributed by atoms with Gasteiger partial charge in [0.25, 0.3) is 0 Å². The molecule has 6 nitrogen and oxygen atoms in total. The second-order valence-electron chi connectivity index (χ2n) is 4.59. The first-order chi connectivity index (χ1) is 11.0. The Kier molecular flexibility index (Phi) is 5.14. The minimum atomic E-state index is -1.31. The molecule has 0 saturated carbocycles. The van der Waals surface area contributed by atoms with Gasteiger partial charge in [0.15, 0.2) is 0 Å². The van der Waals surface area contributed by atoms with Crippen LogP contribution >= 0.6 is 11.6 Å². The summed E-state index contributed by atoms with van der Waals surface area (Å²) in [6.45, 7) is 0.375. The number of rotatable bonds is 5. The number of halogens is 1. The Labute approximate surface area is 137 Å². The van der Waals surface area contributed by atoms with Gasteiger partial charge in [-0.2, -0.15) is 15.6 Å². The lowest BCUT2D eigenvalue weighted by Gasteiger charge is -1.99. The molecule has 1 aromatic heterocycles. The van der Waals surface area contributed by atoms with Gasteiger partial charge in [-0.3, -0.25) is 4.68 Å². The Hall–Kier alpha value is -3.09. The summed E-state index contributed by atoms with van der Waals surface area (Å²) in [6, 6.07) is 10.6. The van der Waals surface area contributed by atoms with Crippen LogP contribution in [0.1, 0.15) is 12.0 Å². The third-order valence-electron chi connectivity index (χ3n) is 3.01. The predicted octanol–water partition coefficient (Wildman–Crippen LogP) is 3.11. The topological polar surface area (TPSA) is 103 Å². The smallest absolute Gasteiger partial charge is 0.346 e. The molecule has 0 atom stereocenters. The lowest BCUT2D eigenvalue weighted by molar-refractivity contribution is -0.132. The zero-order valence-corrected chi connectivity index (χ0v) is 12.7. The lowest BCUT2D eigenvalue weighted by atomic mass is 10.1. The largest absolute Gasteiger partial charge is 0.477 e. The molecule has 0 fully saturated rings. The first-order valence-electron chi connectivity index (χ1n) is 6.60. The van der Waals surface area contributed by atoms with E-state index in [0.29, 0.717) is 22.8 Å². The second kappa shape index (κ2) is 7.26. The van der Waals surface area contributed by atoms with Crippen molar-refractivity contribution < 1.29 is 9.90 Å². The van der Waals surface area contributed by atoms with Crippen molar-refractivity contribution in [1.29, 1.82) is 10.5 Å². The third-order valence-corrected chi connectivity index (χ3v) is 3.26. The van der Waals surface area contributed by atoms with Crippen molar-refractivity contribution in [1.82, 2.24) is 9.78 Å². The van der Waals surface area contributed by atoms with E-state index in [9.17, 15) is 4.79 Å². The molecule has 0 aliphatic carbocycles. The van der Waals surface area contributed by atoms with Crippen LogP contribution < -0.4 is 0 Å². The molecule has 0 aliphatic rings. The molecular formula is C16H11ClN4O2. The quantitative estimate of drug-likeness (QED) is 0.671. The van der Waals surface area contributed by atoms with E-state index in [1.165, 1.54) is 6.08 Å². The van der Waals surface area contributed by atoms with E-state index in [0.717, 1.165) is 5.56 Å². The number of nitriles is 2. The number of aliphatic carboxylic acids is 1. The van der Waals surface area contributed by atoms with Crippen molar-refractivity contribution in [2.45, 2.75) is 13.0 Å². The van der Waals surface area contributed by atoms with E-state index < -0.39 is 5.97 Å². The number of nitrogens with zero attached hydrogens (tertiary/aromatic N) is 4. The molecule has 0 aliphatic heterocycles. The Morgan fingerprint density at radius 1 is 1.35 bits per heavy atom. The highest BCUT2D eigenvalue weighted by Crippen LogP contribution is 2.25. The van der Waals surface area contributed by atoms with Crippen LogP contribution in [-0.2, 0) is 11.3 Å². The summed E-state index contributed by atoms with van der Waals surface area (Å²) < 4.78 is 1.55.